The van der Waals surface area contributed by atoms with Gasteiger partial charge in [0.2, 0.25) is 0 Å². The molecule has 0 saturated carbocycles. The van der Waals surface area contributed by atoms with Crippen LogP contribution in [0.1, 0.15) is 48.7 Å². The second kappa shape index (κ2) is 14.8. The number of rotatable bonds is 12. The molecule has 3 N–H and O–H groups in total. The van der Waals surface area contributed by atoms with E-state index in [9.17, 15) is 27.9 Å². The van der Waals surface area contributed by atoms with Crippen molar-refractivity contribution < 1.29 is 27.9 Å². The zero-order valence-electron chi connectivity index (χ0n) is 24.5. The van der Waals surface area contributed by atoms with Gasteiger partial charge in [0.15, 0.2) is 0 Å². The Kier molecular flexibility index (Phi) is 10.9. The fraction of sp³-hybridized carbons (Fsp3) is 0.265. The van der Waals surface area contributed by atoms with Crippen LogP contribution in [0, 0.1) is 6.92 Å². The van der Waals surface area contributed by atoms with Gasteiger partial charge < -0.3 is 20.6 Å². The second-order valence-corrected chi connectivity index (χ2v) is 10.7. The molecule has 1 aromatic heterocycles. The Bertz CT molecular complexity index is 1550. The number of amides is 2. The fourth-order valence-corrected chi connectivity index (χ4v) is 4.83. The first kappa shape index (κ1) is 32.4. The van der Waals surface area contributed by atoms with E-state index in [1.165, 1.54) is 17.0 Å². The van der Waals surface area contributed by atoms with E-state index in [-0.39, 0.29) is 24.6 Å². The average Bonchev–Trinajstić information content (AvgIpc) is 3.00. The summed E-state index contributed by atoms with van der Waals surface area (Å²) in [6, 6.07) is 23.9. The summed E-state index contributed by atoms with van der Waals surface area (Å²) in [4.78, 5) is 32.5. The van der Waals surface area contributed by atoms with Crippen LogP contribution < -0.4 is 10.6 Å². The normalized spacial score (nSPS) is 12.8. The zero-order valence-corrected chi connectivity index (χ0v) is 24.5. The van der Waals surface area contributed by atoms with Gasteiger partial charge >= 0.3 is 6.18 Å². The predicted molar refractivity (Wildman–Crippen MR) is 162 cm³/mol. The Morgan fingerprint density at radius 1 is 0.909 bits per heavy atom. The van der Waals surface area contributed by atoms with E-state index in [1.54, 1.807) is 44.4 Å². The van der Waals surface area contributed by atoms with Crippen molar-refractivity contribution in [1.82, 2.24) is 20.5 Å². The number of carbonyl (C=O) groups excluding carboxylic acids is 2. The molecule has 0 saturated heterocycles. The van der Waals surface area contributed by atoms with Crippen LogP contribution in [0.4, 0.5) is 13.2 Å². The smallest absolute Gasteiger partial charge is 0.390 e. The molecule has 0 aliphatic heterocycles. The van der Waals surface area contributed by atoms with E-state index < -0.39 is 29.8 Å². The Morgan fingerprint density at radius 3 is 2.32 bits per heavy atom. The second-order valence-electron chi connectivity index (χ2n) is 10.7. The van der Waals surface area contributed by atoms with Gasteiger partial charge in [-0.15, -0.1) is 0 Å². The Hall–Kier alpha value is -4.54. The molecule has 4 aromatic rings. The largest absolute Gasteiger partial charge is 0.416 e. The maximum Gasteiger partial charge on any atom is 0.416 e. The molecule has 230 valence electrons. The van der Waals surface area contributed by atoms with Crippen molar-refractivity contribution >= 4 is 11.8 Å². The first-order chi connectivity index (χ1) is 21.0. The number of halogens is 3. The lowest BCUT2D eigenvalue weighted by Crippen LogP contribution is -2.48. The predicted octanol–water partition coefficient (Wildman–Crippen LogP) is 5.17. The van der Waals surface area contributed by atoms with Gasteiger partial charge in [0.1, 0.15) is 0 Å². The van der Waals surface area contributed by atoms with Crippen molar-refractivity contribution in [2.75, 3.05) is 13.6 Å². The SMILES string of the molecule is Cc1cc(C(=O)NC(Cc2ccccc2)C(O)CNCc2cccc(C(F)(F)F)c2)cc(C(=O)N(C)Cc2ccccn2)c1. The number of hydrogen-bond acceptors (Lipinski definition) is 5. The third-order valence-electron chi connectivity index (χ3n) is 7.07. The number of nitrogens with zero attached hydrogens (tertiary/aromatic N) is 2. The number of aryl methyl sites for hydroxylation is 1. The van der Waals surface area contributed by atoms with Gasteiger partial charge in [-0.1, -0.05) is 54.6 Å². The first-order valence-electron chi connectivity index (χ1n) is 14.2. The van der Waals surface area contributed by atoms with Crippen molar-refractivity contribution in [1.29, 1.82) is 0 Å². The molecule has 0 spiro atoms. The van der Waals surface area contributed by atoms with Crippen LogP contribution in [0.25, 0.3) is 0 Å². The molecule has 0 aliphatic rings. The summed E-state index contributed by atoms with van der Waals surface area (Å²) < 4.78 is 39.3. The number of aliphatic hydroxyl groups is 1. The minimum atomic E-state index is -4.45. The third-order valence-corrected chi connectivity index (χ3v) is 7.07. The number of nitrogens with one attached hydrogen (secondary N) is 2. The number of hydrogen-bond donors (Lipinski definition) is 3. The fourth-order valence-electron chi connectivity index (χ4n) is 4.83. The van der Waals surface area contributed by atoms with Gasteiger partial charge in [-0.2, -0.15) is 13.2 Å². The minimum absolute atomic E-state index is 0.0178. The number of benzene rings is 3. The highest BCUT2D eigenvalue weighted by atomic mass is 19.4. The molecule has 4 rings (SSSR count). The van der Waals surface area contributed by atoms with Crippen LogP contribution in [0.15, 0.2) is 97.2 Å². The van der Waals surface area contributed by atoms with E-state index >= 15 is 0 Å². The summed E-state index contributed by atoms with van der Waals surface area (Å²) in [5, 5.41) is 17.0. The van der Waals surface area contributed by atoms with Gasteiger partial charge in [-0.05, 0) is 66.4 Å². The molecule has 7 nitrogen and oxygen atoms in total. The third kappa shape index (κ3) is 9.23. The summed E-state index contributed by atoms with van der Waals surface area (Å²) in [5.41, 5.74) is 2.61. The van der Waals surface area contributed by atoms with E-state index in [1.807, 2.05) is 42.5 Å². The quantitative estimate of drug-likeness (QED) is 0.207. The molecule has 2 unspecified atom stereocenters. The molecule has 2 atom stereocenters. The summed E-state index contributed by atoms with van der Waals surface area (Å²) in [7, 11) is 1.66. The van der Waals surface area contributed by atoms with Gasteiger partial charge in [-0.3, -0.25) is 14.6 Å². The summed E-state index contributed by atoms with van der Waals surface area (Å²) in [5.74, 6) is -0.735. The van der Waals surface area contributed by atoms with Crippen LogP contribution >= 0.6 is 0 Å². The minimum Gasteiger partial charge on any atom is -0.390 e. The van der Waals surface area contributed by atoms with Crippen LogP contribution in [0.3, 0.4) is 0 Å². The lowest BCUT2D eigenvalue weighted by Gasteiger charge is -2.25. The Balaban J connectivity index is 1.46. The van der Waals surface area contributed by atoms with E-state index in [0.717, 1.165) is 29.0 Å². The molecule has 0 aliphatic carbocycles. The lowest BCUT2D eigenvalue weighted by atomic mass is 9.99. The number of aromatic nitrogens is 1. The number of carbonyl (C=O) groups is 2. The van der Waals surface area contributed by atoms with Crippen molar-refractivity contribution in [3.05, 3.63) is 136 Å². The molecule has 0 fully saturated rings. The van der Waals surface area contributed by atoms with Gasteiger partial charge in [0.25, 0.3) is 11.8 Å². The molecular weight excluding hydrogens is 569 g/mol. The molecule has 3 aromatic carbocycles. The van der Waals surface area contributed by atoms with E-state index in [2.05, 4.69) is 15.6 Å². The summed E-state index contributed by atoms with van der Waals surface area (Å²) in [6.07, 6.45) is -3.55. The first-order valence-corrected chi connectivity index (χ1v) is 14.2. The van der Waals surface area contributed by atoms with Gasteiger partial charge in [0, 0.05) is 37.5 Å². The van der Waals surface area contributed by atoms with Crippen molar-refractivity contribution in [2.24, 2.45) is 0 Å². The standard InChI is InChI=1S/C34H35F3N4O3/c1-23-15-26(19-27(16-23)33(44)41(2)22-29-13-6-7-14-39-29)32(43)40-30(18-24-9-4-3-5-10-24)31(42)21-38-20-25-11-8-12-28(17-25)34(35,36)37/h3-17,19,30-31,38,42H,18,20-22H2,1-2H3,(H,40,43). The van der Waals surface area contributed by atoms with E-state index in [4.69, 9.17) is 0 Å². The molecule has 1 heterocycles. The lowest BCUT2D eigenvalue weighted by molar-refractivity contribution is -0.137. The highest BCUT2D eigenvalue weighted by Crippen LogP contribution is 2.29. The van der Waals surface area contributed by atoms with Crippen LogP contribution in [0.2, 0.25) is 0 Å². The highest BCUT2D eigenvalue weighted by Gasteiger charge is 2.30. The van der Waals surface area contributed by atoms with Crippen molar-refractivity contribution in [3.8, 4) is 0 Å². The van der Waals surface area contributed by atoms with Crippen molar-refractivity contribution in [2.45, 2.75) is 44.8 Å². The van der Waals surface area contributed by atoms with Crippen molar-refractivity contribution in [3.63, 3.8) is 0 Å². The van der Waals surface area contributed by atoms with Gasteiger partial charge in [-0.25, -0.2) is 0 Å². The molecule has 2 amide bonds. The summed E-state index contributed by atoms with van der Waals surface area (Å²) >= 11 is 0. The maximum atomic E-state index is 13.5. The molecule has 10 heteroatoms. The van der Waals surface area contributed by atoms with E-state index in [0.29, 0.717) is 24.1 Å². The summed E-state index contributed by atoms with van der Waals surface area (Å²) in [6.45, 7) is 2.21. The number of pyridine rings is 1. The Labute approximate surface area is 254 Å². The molecular formula is C34H35F3N4O3. The maximum absolute atomic E-state index is 13.5. The molecule has 44 heavy (non-hydrogen) atoms. The monoisotopic (exact) mass is 604 g/mol. The average molecular weight is 605 g/mol. The number of alkyl halides is 3. The van der Waals surface area contributed by atoms with Crippen LogP contribution in [-0.4, -0.2) is 52.5 Å². The Morgan fingerprint density at radius 2 is 1.61 bits per heavy atom. The molecule has 0 radical (unpaired) electrons. The highest BCUT2D eigenvalue weighted by molar-refractivity contribution is 6.00. The van der Waals surface area contributed by atoms with Gasteiger partial charge in [0.05, 0.1) is 29.9 Å². The van der Waals surface area contributed by atoms with Crippen LogP contribution in [-0.2, 0) is 25.7 Å². The molecule has 0 bridgehead atoms. The topological polar surface area (TPSA) is 94.6 Å². The zero-order chi connectivity index (χ0) is 31.7. The van der Waals surface area contributed by atoms with Crippen LogP contribution in [0.5, 0.6) is 0 Å². The number of aliphatic hydroxyl groups excluding tert-OH is 1.